The van der Waals surface area contributed by atoms with E-state index in [1.54, 1.807) is 20.1 Å². The standard InChI is InChI=1S/C16H23NO6/c1-11(14(18)17-16(2,10-21-3)15(19)20)23-9-12-6-5-7-13(8-12)22-4/h5-8,11H,9-10H2,1-4H3,(H,17,18)(H,19,20). The molecule has 0 radical (unpaired) electrons. The first-order valence-corrected chi connectivity index (χ1v) is 7.11. The van der Waals surface area contributed by atoms with Crippen LogP contribution in [0.3, 0.4) is 0 Å². The number of methoxy groups -OCH3 is 2. The minimum absolute atomic E-state index is 0.142. The van der Waals surface area contributed by atoms with Gasteiger partial charge in [-0.15, -0.1) is 0 Å². The molecule has 0 aliphatic heterocycles. The second kappa shape index (κ2) is 8.50. The Labute approximate surface area is 135 Å². The van der Waals surface area contributed by atoms with E-state index < -0.39 is 23.5 Å². The van der Waals surface area contributed by atoms with Gasteiger partial charge in [0.25, 0.3) is 0 Å². The summed E-state index contributed by atoms with van der Waals surface area (Å²) < 4.78 is 15.5. The first kappa shape index (κ1) is 18.9. The van der Waals surface area contributed by atoms with Crippen LogP contribution in [0.4, 0.5) is 0 Å². The van der Waals surface area contributed by atoms with E-state index in [2.05, 4.69) is 5.32 Å². The second-order valence-corrected chi connectivity index (χ2v) is 5.36. The fourth-order valence-corrected chi connectivity index (χ4v) is 1.87. The highest BCUT2D eigenvalue weighted by molar-refractivity contribution is 5.88. The van der Waals surface area contributed by atoms with E-state index in [4.69, 9.17) is 14.2 Å². The van der Waals surface area contributed by atoms with Crippen LogP contribution in [0.15, 0.2) is 24.3 Å². The van der Waals surface area contributed by atoms with Crippen molar-refractivity contribution >= 4 is 11.9 Å². The van der Waals surface area contributed by atoms with Crippen LogP contribution >= 0.6 is 0 Å². The Morgan fingerprint density at radius 2 is 2.04 bits per heavy atom. The van der Waals surface area contributed by atoms with Crippen molar-refractivity contribution in [1.29, 1.82) is 0 Å². The topological polar surface area (TPSA) is 94.1 Å². The lowest BCUT2D eigenvalue weighted by Gasteiger charge is -2.27. The predicted molar refractivity (Wildman–Crippen MR) is 83.3 cm³/mol. The number of amides is 1. The van der Waals surface area contributed by atoms with Crippen molar-refractivity contribution in [3.05, 3.63) is 29.8 Å². The fraction of sp³-hybridized carbons (Fsp3) is 0.500. The molecule has 2 atom stereocenters. The van der Waals surface area contributed by atoms with E-state index in [1.165, 1.54) is 14.0 Å². The smallest absolute Gasteiger partial charge is 0.331 e. The van der Waals surface area contributed by atoms with E-state index in [0.29, 0.717) is 5.75 Å². The van der Waals surface area contributed by atoms with Crippen LogP contribution in [-0.2, 0) is 25.7 Å². The van der Waals surface area contributed by atoms with Crippen LogP contribution in [-0.4, -0.2) is 49.5 Å². The molecule has 7 heteroatoms. The third-order valence-electron chi connectivity index (χ3n) is 3.31. The molecule has 0 saturated carbocycles. The normalized spacial score (nSPS) is 14.6. The molecule has 0 aliphatic rings. The Kier molecular flexibility index (Phi) is 6.99. The number of ether oxygens (including phenoxy) is 3. The first-order valence-electron chi connectivity index (χ1n) is 7.11. The number of nitrogens with one attached hydrogen (secondary N) is 1. The maximum atomic E-state index is 12.1. The zero-order valence-corrected chi connectivity index (χ0v) is 13.8. The number of hydrogen-bond donors (Lipinski definition) is 2. The van der Waals surface area contributed by atoms with Gasteiger partial charge in [-0.25, -0.2) is 4.79 Å². The van der Waals surface area contributed by atoms with Crippen molar-refractivity contribution in [2.24, 2.45) is 0 Å². The van der Waals surface area contributed by atoms with Crippen LogP contribution in [0, 0.1) is 0 Å². The van der Waals surface area contributed by atoms with Gasteiger partial charge in [0.15, 0.2) is 5.54 Å². The van der Waals surface area contributed by atoms with Gasteiger partial charge < -0.3 is 24.6 Å². The van der Waals surface area contributed by atoms with Crippen LogP contribution in [0.2, 0.25) is 0 Å². The van der Waals surface area contributed by atoms with Gasteiger partial charge in [0.2, 0.25) is 5.91 Å². The zero-order valence-electron chi connectivity index (χ0n) is 13.8. The molecule has 7 nitrogen and oxygen atoms in total. The van der Waals surface area contributed by atoms with Crippen molar-refractivity contribution in [3.63, 3.8) is 0 Å². The van der Waals surface area contributed by atoms with Crippen molar-refractivity contribution in [2.75, 3.05) is 20.8 Å². The van der Waals surface area contributed by atoms with Crippen LogP contribution in [0.1, 0.15) is 19.4 Å². The van der Waals surface area contributed by atoms with Gasteiger partial charge >= 0.3 is 5.97 Å². The summed E-state index contributed by atoms with van der Waals surface area (Å²) in [5.41, 5.74) is -0.652. The summed E-state index contributed by atoms with van der Waals surface area (Å²) in [5, 5.41) is 11.6. The lowest BCUT2D eigenvalue weighted by atomic mass is 10.0. The van der Waals surface area contributed by atoms with Gasteiger partial charge in [-0.05, 0) is 31.5 Å². The van der Waals surface area contributed by atoms with Crippen LogP contribution in [0.25, 0.3) is 0 Å². The molecule has 1 amide bonds. The summed E-state index contributed by atoms with van der Waals surface area (Å²) in [5.74, 6) is -0.996. The van der Waals surface area contributed by atoms with Crippen LogP contribution < -0.4 is 10.1 Å². The number of hydrogen-bond acceptors (Lipinski definition) is 5. The minimum Gasteiger partial charge on any atom is -0.497 e. The Balaban J connectivity index is 2.61. The lowest BCUT2D eigenvalue weighted by molar-refractivity contribution is -0.151. The summed E-state index contributed by atoms with van der Waals surface area (Å²) in [6.07, 6.45) is -0.809. The first-order chi connectivity index (χ1) is 10.8. The molecule has 0 aliphatic carbocycles. The van der Waals surface area contributed by atoms with E-state index in [1.807, 2.05) is 18.2 Å². The summed E-state index contributed by atoms with van der Waals surface area (Å²) in [6, 6.07) is 7.28. The number of benzene rings is 1. The monoisotopic (exact) mass is 325 g/mol. The van der Waals surface area contributed by atoms with Crippen LogP contribution in [0.5, 0.6) is 5.75 Å². The van der Waals surface area contributed by atoms with E-state index >= 15 is 0 Å². The van der Waals surface area contributed by atoms with E-state index in [0.717, 1.165) is 5.56 Å². The third kappa shape index (κ3) is 5.54. The number of carbonyl (C=O) groups excluding carboxylic acids is 1. The van der Waals surface area contributed by atoms with Gasteiger partial charge in [-0.2, -0.15) is 0 Å². The van der Waals surface area contributed by atoms with Gasteiger partial charge in [0, 0.05) is 7.11 Å². The van der Waals surface area contributed by atoms with Gasteiger partial charge in [0.05, 0.1) is 20.3 Å². The molecule has 1 aromatic rings. The number of carbonyl (C=O) groups is 2. The minimum atomic E-state index is -1.50. The number of carboxylic acid groups (broad SMARTS) is 1. The molecule has 0 saturated heterocycles. The molecular weight excluding hydrogens is 302 g/mol. The summed E-state index contributed by atoms with van der Waals surface area (Å²) in [6.45, 7) is 3.01. The zero-order chi connectivity index (χ0) is 17.5. The Hall–Kier alpha value is -2.12. The largest absolute Gasteiger partial charge is 0.497 e. The molecular formula is C16H23NO6. The van der Waals surface area contributed by atoms with Crippen molar-refractivity contribution < 1.29 is 28.9 Å². The number of carboxylic acids is 1. The average Bonchev–Trinajstić information content (AvgIpc) is 2.52. The molecule has 128 valence electrons. The van der Waals surface area contributed by atoms with Crippen molar-refractivity contribution in [1.82, 2.24) is 5.32 Å². The molecule has 0 fully saturated rings. The fourth-order valence-electron chi connectivity index (χ4n) is 1.87. The molecule has 1 aromatic carbocycles. The van der Waals surface area contributed by atoms with Gasteiger partial charge in [0.1, 0.15) is 11.9 Å². The highest BCUT2D eigenvalue weighted by Crippen LogP contribution is 2.14. The predicted octanol–water partition coefficient (Wildman–Crippen LogP) is 1.21. The SMILES string of the molecule is COCC(C)(NC(=O)C(C)OCc1cccc(OC)c1)C(=O)O. The maximum absolute atomic E-state index is 12.1. The highest BCUT2D eigenvalue weighted by Gasteiger charge is 2.36. The Morgan fingerprint density at radius 1 is 1.35 bits per heavy atom. The third-order valence-corrected chi connectivity index (χ3v) is 3.31. The molecule has 23 heavy (non-hydrogen) atoms. The quantitative estimate of drug-likeness (QED) is 0.709. The maximum Gasteiger partial charge on any atom is 0.331 e. The van der Waals surface area contributed by atoms with Crippen molar-refractivity contribution in [2.45, 2.75) is 32.1 Å². The average molecular weight is 325 g/mol. The van der Waals surface area contributed by atoms with E-state index in [-0.39, 0.29) is 13.2 Å². The molecule has 1 rings (SSSR count). The van der Waals surface area contributed by atoms with Crippen molar-refractivity contribution in [3.8, 4) is 5.75 Å². The summed E-state index contributed by atoms with van der Waals surface area (Å²) in [7, 11) is 2.94. The molecule has 2 N–H and O–H groups in total. The summed E-state index contributed by atoms with van der Waals surface area (Å²) >= 11 is 0. The lowest BCUT2D eigenvalue weighted by Crippen LogP contribution is -2.57. The second-order valence-electron chi connectivity index (χ2n) is 5.36. The molecule has 0 bridgehead atoms. The van der Waals surface area contributed by atoms with E-state index in [9.17, 15) is 14.7 Å². The molecule has 2 unspecified atom stereocenters. The molecule has 0 heterocycles. The Bertz CT molecular complexity index is 547. The highest BCUT2D eigenvalue weighted by atomic mass is 16.5. The summed E-state index contributed by atoms with van der Waals surface area (Å²) in [4.78, 5) is 23.4. The van der Waals surface area contributed by atoms with Gasteiger partial charge in [-0.1, -0.05) is 12.1 Å². The Morgan fingerprint density at radius 3 is 2.61 bits per heavy atom. The molecule has 0 aromatic heterocycles. The molecule has 0 spiro atoms. The number of rotatable bonds is 9. The number of aliphatic carboxylic acids is 1. The van der Waals surface area contributed by atoms with Gasteiger partial charge in [-0.3, -0.25) is 4.79 Å².